The summed E-state index contributed by atoms with van der Waals surface area (Å²) in [5.74, 6) is -0.606. The van der Waals surface area contributed by atoms with Crippen molar-refractivity contribution in [1.82, 2.24) is 4.98 Å². The number of halogens is 2. The number of rotatable bonds is 7. The van der Waals surface area contributed by atoms with Gasteiger partial charge in [0, 0.05) is 25.5 Å². The third kappa shape index (κ3) is 4.47. The minimum Gasteiger partial charge on any atom is -0.384 e. The average Bonchev–Trinajstić information content (AvgIpc) is 2.31. The molecule has 0 spiro atoms. The Morgan fingerprint density at radius 2 is 2.18 bits per heavy atom. The predicted molar refractivity (Wildman–Crippen MR) is 65.5 cm³/mol. The van der Waals surface area contributed by atoms with Gasteiger partial charge in [0.2, 0.25) is 0 Å². The maximum Gasteiger partial charge on any atom is 0.168 e. The Morgan fingerprint density at radius 3 is 2.82 bits per heavy atom. The van der Waals surface area contributed by atoms with E-state index in [1.54, 1.807) is 7.11 Å². The number of nitrogens with zero attached hydrogens (tertiary/aromatic N) is 1. The van der Waals surface area contributed by atoms with Gasteiger partial charge >= 0.3 is 0 Å². The molecule has 6 heteroatoms. The van der Waals surface area contributed by atoms with Gasteiger partial charge in [0.1, 0.15) is 5.03 Å². The van der Waals surface area contributed by atoms with E-state index in [-0.39, 0.29) is 10.8 Å². The first kappa shape index (κ1) is 14.2. The van der Waals surface area contributed by atoms with E-state index in [4.69, 9.17) is 4.74 Å². The van der Waals surface area contributed by atoms with Crippen LogP contribution in [0.25, 0.3) is 0 Å². The average molecular weight is 262 g/mol. The molecule has 17 heavy (non-hydrogen) atoms. The second-order valence-corrected chi connectivity index (χ2v) is 4.46. The van der Waals surface area contributed by atoms with Crippen LogP contribution in [0.5, 0.6) is 0 Å². The minimum absolute atomic E-state index is 0.105. The first-order valence-electron chi connectivity index (χ1n) is 5.40. The zero-order chi connectivity index (χ0) is 12.7. The van der Waals surface area contributed by atoms with Crippen molar-refractivity contribution in [2.24, 2.45) is 0 Å². The molecule has 0 aromatic carbocycles. The van der Waals surface area contributed by atoms with Gasteiger partial charge in [-0.2, -0.15) is 0 Å². The molecule has 0 amide bonds. The number of methoxy groups -OCH3 is 1. The maximum absolute atomic E-state index is 13.4. The summed E-state index contributed by atoms with van der Waals surface area (Å²) in [6.45, 7) is 3.07. The summed E-state index contributed by atoms with van der Waals surface area (Å²) in [7, 11) is 1.57. The Bertz CT molecular complexity index is 364. The molecule has 0 saturated heterocycles. The van der Waals surface area contributed by atoms with Gasteiger partial charge in [0.25, 0.3) is 0 Å². The lowest BCUT2D eigenvalue weighted by atomic mass is 10.4. The number of pyridine rings is 1. The Balaban J connectivity index is 2.74. The number of aromatic nitrogens is 1. The molecule has 0 aliphatic rings. The van der Waals surface area contributed by atoms with Gasteiger partial charge in [-0.15, -0.1) is 11.8 Å². The SMILES string of the molecule is CCCNc1nc(SCCOC)c(F)cc1F. The first-order valence-corrected chi connectivity index (χ1v) is 6.39. The van der Waals surface area contributed by atoms with E-state index in [0.29, 0.717) is 18.9 Å². The summed E-state index contributed by atoms with van der Waals surface area (Å²) in [6.07, 6.45) is 0.852. The van der Waals surface area contributed by atoms with E-state index in [9.17, 15) is 8.78 Å². The lowest BCUT2D eigenvalue weighted by molar-refractivity contribution is 0.218. The van der Waals surface area contributed by atoms with Crippen molar-refractivity contribution in [3.8, 4) is 0 Å². The van der Waals surface area contributed by atoms with Gasteiger partial charge in [-0.3, -0.25) is 0 Å². The van der Waals surface area contributed by atoms with Gasteiger partial charge in [-0.25, -0.2) is 13.8 Å². The number of hydrogen-bond donors (Lipinski definition) is 1. The molecular formula is C11H16F2N2OS. The molecule has 1 aromatic heterocycles. The summed E-state index contributed by atoms with van der Waals surface area (Å²) in [5.41, 5.74) is 0. The molecular weight excluding hydrogens is 246 g/mol. The summed E-state index contributed by atoms with van der Waals surface area (Å²) in [6, 6.07) is 0.861. The molecule has 0 fully saturated rings. The fourth-order valence-corrected chi connectivity index (χ4v) is 1.94. The van der Waals surface area contributed by atoms with Crippen LogP contribution in [0.1, 0.15) is 13.3 Å². The normalized spacial score (nSPS) is 10.6. The molecule has 3 nitrogen and oxygen atoms in total. The summed E-state index contributed by atoms with van der Waals surface area (Å²) >= 11 is 1.21. The quantitative estimate of drug-likeness (QED) is 0.605. The van der Waals surface area contributed by atoms with E-state index in [1.807, 2.05) is 6.92 Å². The Morgan fingerprint density at radius 1 is 1.41 bits per heavy atom. The molecule has 96 valence electrons. The van der Waals surface area contributed by atoms with Crippen molar-refractivity contribution in [2.75, 3.05) is 31.3 Å². The van der Waals surface area contributed by atoms with E-state index in [1.165, 1.54) is 11.8 Å². The molecule has 1 N–H and O–H groups in total. The van der Waals surface area contributed by atoms with Crippen LogP contribution in [0.3, 0.4) is 0 Å². The van der Waals surface area contributed by atoms with E-state index >= 15 is 0 Å². The van der Waals surface area contributed by atoms with Crippen LogP contribution in [0.15, 0.2) is 11.1 Å². The largest absolute Gasteiger partial charge is 0.384 e. The minimum atomic E-state index is -0.660. The van der Waals surface area contributed by atoms with Gasteiger partial charge in [0.05, 0.1) is 6.61 Å². The van der Waals surface area contributed by atoms with E-state index in [0.717, 1.165) is 12.5 Å². The van der Waals surface area contributed by atoms with Crippen LogP contribution in [0, 0.1) is 11.6 Å². The van der Waals surface area contributed by atoms with Crippen molar-refractivity contribution >= 4 is 17.6 Å². The van der Waals surface area contributed by atoms with Crippen LogP contribution in [-0.4, -0.2) is 31.0 Å². The highest BCUT2D eigenvalue weighted by molar-refractivity contribution is 7.99. The number of anilines is 1. The standard InChI is InChI=1S/C11H16F2N2OS/c1-3-4-14-10-8(12)7-9(13)11(15-10)17-6-5-16-2/h7H,3-6H2,1-2H3,(H,14,15). The first-order chi connectivity index (χ1) is 8.19. The molecule has 0 aliphatic carbocycles. The van der Waals surface area contributed by atoms with E-state index < -0.39 is 11.6 Å². The van der Waals surface area contributed by atoms with Crippen molar-refractivity contribution in [3.63, 3.8) is 0 Å². The third-order valence-corrected chi connectivity index (χ3v) is 2.90. The molecule has 1 aromatic rings. The number of nitrogens with one attached hydrogen (secondary N) is 1. The van der Waals surface area contributed by atoms with Gasteiger partial charge in [0.15, 0.2) is 17.5 Å². The second kappa shape index (κ2) is 7.45. The highest BCUT2D eigenvalue weighted by Crippen LogP contribution is 2.23. The maximum atomic E-state index is 13.4. The monoisotopic (exact) mass is 262 g/mol. The molecule has 0 bridgehead atoms. The van der Waals surface area contributed by atoms with Crippen LogP contribution in [0.4, 0.5) is 14.6 Å². The zero-order valence-corrected chi connectivity index (χ0v) is 10.7. The summed E-state index contributed by atoms with van der Waals surface area (Å²) < 4.78 is 31.6. The number of hydrogen-bond acceptors (Lipinski definition) is 4. The summed E-state index contributed by atoms with van der Waals surface area (Å²) in [4.78, 5) is 3.93. The van der Waals surface area contributed by atoms with Crippen LogP contribution in [-0.2, 0) is 4.74 Å². The van der Waals surface area contributed by atoms with Crippen molar-refractivity contribution < 1.29 is 13.5 Å². The smallest absolute Gasteiger partial charge is 0.168 e. The molecule has 1 heterocycles. The van der Waals surface area contributed by atoms with Gasteiger partial charge < -0.3 is 10.1 Å². The number of ether oxygens (including phenoxy) is 1. The lowest BCUT2D eigenvalue weighted by Gasteiger charge is -2.08. The Kier molecular flexibility index (Phi) is 6.21. The molecule has 0 saturated carbocycles. The van der Waals surface area contributed by atoms with Gasteiger partial charge in [-0.05, 0) is 6.42 Å². The van der Waals surface area contributed by atoms with Crippen molar-refractivity contribution in [1.29, 1.82) is 0 Å². The lowest BCUT2D eigenvalue weighted by Crippen LogP contribution is -2.06. The molecule has 0 atom stereocenters. The zero-order valence-electron chi connectivity index (χ0n) is 9.93. The topological polar surface area (TPSA) is 34.2 Å². The fraction of sp³-hybridized carbons (Fsp3) is 0.545. The molecule has 0 unspecified atom stereocenters. The fourth-order valence-electron chi connectivity index (χ4n) is 1.14. The Hall–Kier alpha value is -0.880. The van der Waals surface area contributed by atoms with E-state index in [2.05, 4.69) is 10.3 Å². The highest BCUT2D eigenvalue weighted by atomic mass is 32.2. The number of thioether (sulfide) groups is 1. The summed E-state index contributed by atoms with van der Waals surface area (Å²) in [5, 5.41) is 3.02. The predicted octanol–water partition coefficient (Wildman–Crippen LogP) is 2.92. The molecule has 0 aliphatic heterocycles. The van der Waals surface area contributed by atoms with Crippen molar-refractivity contribution in [2.45, 2.75) is 18.4 Å². The van der Waals surface area contributed by atoms with Gasteiger partial charge in [-0.1, -0.05) is 6.92 Å². The van der Waals surface area contributed by atoms with Crippen LogP contribution >= 0.6 is 11.8 Å². The highest BCUT2D eigenvalue weighted by Gasteiger charge is 2.11. The van der Waals surface area contributed by atoms with Crippen molar-refractivity contribution in [3.05, 3.63) is 17.7 Å². The molecule has 0 radical (unpaired) electrons. The third-order valence-electron chi connectivity index (χ3n) is 1.97. The Labute approximate surface area is 104 Å². The molecule has 1 rings (SSSR count). The van der Waals surface area contributed by atoms with Crippen LogP contribution < -0.4 is 5.32 Å². The second-order valence-electron chi connectivity index (χ2n) is 3.37. The van der Waals surface area contributed by atoms with Crippen LogP contribution in [0.2, 0.25) is 0 Å².